The van der Waals surface area contributed by atoms with E-state index in [4.69, 9.17) is 0 Å². The van der Waals surface area contributed by atoms with E-state index in [9.17, 15) is 9.90 Å². The van der Waals surface area contributed by atoms with Gasteiger partial charge < -0.3 is 5.11 Å². The molecule has 2 aromatic heterocycles. The maximum absolute atomic E-state index is 10.9. The minimum absolute atomic E-state index is 0.208. The molecule has 4 nitrogen and oxygen atoms in total. The zero-order chi connectivity index (χ0) is 11.1. The summed E-state index contributed by atoms with van der Waals surface area (Å²) in [5.41, 5.74) is 2.08. The van der Waals surface area contributed by atoms with Crippen LogP contribution in [0, 0.1) is 0 Å². The van der Waals surface area contributed by atoms with Crippen LogP contribution in [-0.2, 0) is 0 Å². The molecule has 3 aromatic rings. The number of fused-ring (bicyclic) bond motifs is 3. The molecule has 0 aliphatic rings. The maximum Gasteiger partial charge on any atom is 0.168 e. The number of aromatic hydroxyl groups is 1. The zero-order valence-electron chi connectivity index (χ0n) is 8.29. The minimum atomic E-state index is 0.208. The lowest BCUT2D eigenvalue weighted by molar-refractivity contribution is 0.111. The largest absolute Gasteiger partial charge is 0.508 e. The molecule has 0 atom stereocenters. The van der Waals surface area contributed by atoms with Crippen molar-refractivity contribution in [1.82, 2.24) is 9.38 Å². The molecule has 1 N–H and O–H groups in total. The number of hydrogen-bond acceptors (Lipinski definition) is 3. The maximum atomic E-state index is 10.9. The van der Waals surface area contributed by atoms with Gasteiger partial charge in [-0.25, -0.2) is 4.98 Å². The van der Waals surface area contributed by atoms with Crippen LogP contribution in [0.5, 0.6) is 5.75 Å². The molecule has 0 saturated heterocycles. The first-order valence-electron chi connectivity index (χ1n) is 4.84. The molecule has 0 aliphatic heterocycles. The van der Waals surface area contributed by atoms with Crippen molar-refractivity contribution in [3.05, 3.63) is 42.2 Å². The third kappa shape index (κ3) is 1.10. The van der Waals surface area contributed by atoms with E-state index in [1.165, 1.54) is 6.20 Å². The van der Waals surface area contributed by atoms with Crippen molar-refractivity contribution in [2.75, 3.05) is 0 Å². The fourth-order valence-electron chi connectivity index (χ4n) is 1.89. The van der Waals surface area contributed by atoms with Gasteiger partial charge in [-0.1, -0.05) is 0 Å². The van der Waals surface area contributed by atoms with Crippen LogP contribution in [0.15, 0.2) is 36.5 Å². The monoisotopic (exact) mass is 212 g/mol. The molecule has 0 radical (unpaired) electrons. The molecule has 78 valence electrons. The second-order valence-electron chi connectivity index (χ2n) is 3.57. The van der Waals surface area contributed by atoms with Gasteiger partial charge in [0.05, 0.1) is 11.7 Å². The Labute approximate surface area is 90.8 Å². The summed E-state index contributed by atoms with van der Waals surface area (Å²) in [6, 6.07) is 8.70. The molecule has 16 heavy (non-hydrogen) atoms. The number of aldehydes is 1. The van der Waals surface area contributed by atoms with Gasteiger partial charge in [-0.2, -0.15) is 0 Å². The fraction of sp³-hybridized carbons (Fsp3) is 0. The second-order valence-corrected chi connectivity index (χ2v) is 3.57. The predicted molar refractivity (Wildman–Crippen MR) is 59.8 cm³/mol. The molecule has 3 rings (SSSR count). The van der Waals surface area contributed by atoms with E-state index in [-0.39, 0.29) is 5.75 Å². The Morgan fingerprint density at radius 1 is 1.25 bits per heavy atom. The highest BCUT2D eigenvalue weighted by Gasteiger charge is 2.06. The quantitative estimate of drug-likeness (QED) is 0.628. The second kappa shape index (κ2) is 3.06. The smallest absolute Gasteiger partial charge is 0.168 e. The zero-order valence-corrected chi connectivity index (χ0v) is 8.29. The van der Waals surface area contributed by atoms with Gasteiger partial charge in [0.1, 0.15) is 17.1 Å². The van der Waals surface area contributed by atoms with E-state index in [1.54, 1.807) is 22.6 Å². The number of carbonyl (C=O) groups excluding carboxylic acids is 1. The SMILES string of the molecule is O=Cc1cnc2ccc3cc(O)ccc3n12. The van der Waals surface area contributed by atoms with Gasteiger partial charge in [-0.3, -0.25) is 9.20 Å². The molecule has 0 unspecified atom stereocenters. The van der Waals surface area contributed by atoms with Crippen LogP contribution in [0.1, 0.15) is 10.5 Å². The van der Waals surface area contributed by atoms with Crippen molar-refractivity contribution in [3.63, 3.8) is 0 Å². The Morgan fingerprint density at radius 2 is 2.12 bits per heavy atom. The van der Waals surface area contributed by atoms with Gasteiger partial charge in [-0.15, -0.1) is 0 Å². The van der Waals surface area contributed by atoms with Crippen molar-refractivity contribution >= 4 is 22.8 Å². The number of hydrogen-bond donors (Lipinski definition) is 1. The number of phenols is 1. The number of pyridine rings is 1. The summed E-state index contributed by atoms with van der Waals surface area (Å²) in [6.45, 7) is 0. The van der Waals surface area contributed by atoms with Crippen molar-refractivity contribution in [2.45, 2.75) is 0 Å². The highest BCUT2D eigenvalue weighted by Crippen LogP contribution is 2.22. The molecule has 1 aromatic carbocycles. The number of rotatable bonds is 1. The standard InChI is InChI=1S/C12H8N2O2/c15-7-9-6-13-12-4-1-8-5-10(16)2-3-11(8)14(9)12/h1-7,16H. The first-order valence-corrected chi connectivity index (χ1v) is 4.84. The third-order valence-electron chi connectivity index (χ3n) is 2.60. The lowest BCUT2D eigenvalue weighted by Crippen LogP contribution is -1.92. The summed E-state index contributed by atoms with van der Waals surface area (Å²) >= 11 is 0. The van der Waals surface area contributed by atoms with Crippen LogP contribution in [-0.4, -0.2) is 20.8 Å². The summed E-state index contributed by atoms with van der Waals surface area (Å²) in [5, 5.41) is 10.3. The molecular formula is C12H8N2O2. The van der Waals surface area contributed by atoms with Gasteiger partial charge in [-0.05, 0) is 30.3 Å². The normalized spacial score (nSPS) is 11.0. The molecule has 0 amide bonds. The minimum Gasteiger partial charge on any atom is -0.508 e. The van der Waals surface area contributed by atoms with Crippen LogP contribution in [0.3, 0.4) is 0 Å². The Balaban J connectivity index is 2.56. The van der Waals surface area contributed by atoms with Crippen LogP contribution in [0.2, 0.25) is 0 Å². The number of benzene rings is 1. The summed E-state index contributed by atoms with van der Waals surface area (Å²) in [6.07, 6.45) is 2.31. The predicted octanol–water partition coefficient (Wildman–Crippen LogP) is 2.01. The number of aromatic nitrogens is 2. The van der Waals surface area contributed by atoms with Crippen LogP contribution < -0.4 is 0 Å². The number of imidazole rings is 1. The average Bonchev–Trinajstić information content (AvgIpc) is 2.71. The van der Waals surface area contributed by atoms with Gasteiger partial charge >= 0.3 is 0 Å². The van der Waals surface area contributed by atoms with Crippen molar-refractivity contribution in [2.24, 2.45) is 0 Å². The highest BCUT2D eigenvalue weighted by molar-refractivity contribution is 5.86. The highest BCUT2D eigenvalue weighted by atomic mass is 16.3. The average molecular weight is 212 g/mol. The first kappa shape index (κ1) is 8.91. The third-order valence-corrected chi connectivity index (χ3v) is 2.60. The van der Waals surface area contributed by atoms with E-state index in [1.807, 2.05) is 12.1 Å². The van der Waals surface area contributed by atoms with Gasteiger partial charge in [0.15, 0.2) is 6.29 Å². The molecule has 0 spiro atoms. The number of carbonyl (C=O) groups is 1. The molecule has 0 saturated carbocycles. The number of phenolic OH excluding ortho intramolecular Hbond substituents is 1. The van der Waals surface area contributed by atoms with Crippen molar-refractivity contribution in [3.8, 4) is 5.75 Å². The summed E-state index contributed by atoms with van der Waals surface area (Å²) in [7, 11) is 0. The molecule has 2 heterocycles. The van der Waals surface area contributed by atoms with E-state index < -0.39 is 0 Å². The van der Waals surface area contributed by atoms with Gasteiger partial charge in [0, 0.05) is 5.39 Å². The Hall–Kier alpha value is -2.36. The summed E-state index contributed by atoms with van der Waals surface area (Å²) in [4.78, 5) is 15.0. The topological polar surface area (TPSA) is 54.6 Å². The van der Waals surface area contributed by atoms with Crippen LogP contribution >= 0.6 is 0 Å². The molecular weight excluding hydrogens is 204 g/mol. The van der Waals surface area contributed by atoms with Gasteiger partial charge in [0.25, 0.3) is 0 Å². The number of nitrogens with zero attached hydrogens (tertiary/aromatic N) is 2. The molecule has 0 fully saturated rings. The lowest BCUT2D eigenvalue weighted by Gasteiger charge is -2.03. The first-order chi connectivity index (χ1) is 7.79. The van der Waals surface area contributed by atoms with Crippen molar-refractivity contribution in [1.29, 1.82) is 0 Å². The van der Waals surface area contributed by atoms with Crippen LogP contribution in [0.25, 0.3) is 16.6 Å². The lowest BCUT2D eigenvalue weighted by atomic mass is 10.2. The Morgan fingerprint density at radius 3 is 2.94 bits per heavy atom. The van der Waals surface area contributed by atoms with Crippen LogP contribution in [0.4, 0.5) is 0 Å². The van der Waals surface area contributed by atoms with Crippen molar-refractivity contribution < 1.29 is 9.90 Å². The molecule has 0 aliphatic carbocycles. The molecule has 4 heteroatoms. The van der Waals surface area contributed by atoms with E-state index in [2.05, 4.69) is 4.98 Å². The fourth-order valence-corrected chi connectivity index (χ4v) is 1.89. The summed E-state index contributed by atoms with van der Waals surface area (Å²) in [5.74, 6) is 0.208. The van der Waals surface area contributed by atoms with E-state index >= 15 is 0 Å². The van der Waals surface area contributed by atoms with E-state index in [0.717, 1.165) is 22.8 Å². The summed E-state index contributed by atoms with van der Waals surface area (Å²) < 4.78 is 1.77. The Bertz CT molecular complexity index is 701. The Kier molecular flexibility index (Phi) is 1.71. The van der Waals surface area contributed by atoms with E-state index in [0.29, 0.717) is 5.69 Å². The van der Waals surface area contributed by atoms with Gasteiger partial charge in [0.2, 0.25) is 0 Å². The molecule has 0 bridgehead atoms.